The zero-order valence-electron chi connectivity index (χ0n) is 11.3. The van der Waals surface area contributed by atoms with Crippen molar-refractivity contribution in [3.05, 3.63) is 23.0 Å². The summed E-state index contributed by atoms with van der Waals surface area (Å²) in [7, 11) is 0. The maximum absolute atomic E-state index is 12.4. The van der Waals surface area contributed by atoms with E-state index in [0.29, 0.717) is 23.5 Å². The van der Waals surface area contributed by atoms with Crippen molar-refractivity contribution >= 4 is 11.9 Å². The van der Waals surface area contributed by atoms with Gasteiger partial charge in [0.2, 0.25) is 0 Å². The SMILES string of the molecule is Cc1cc(C(=O)N2C[C@@H](C)[C@H](C(=O)O)C2)c(C)nn1. The van der Waals surface area contributed by atoms with Crippen molar-refractivity contribution in [2.75, 3.05) is 13.1 Å². The molecule has 2 atom stereocenters. The van der Waals surface area contributed by atoms with E-state index in [1.54, 1.807) is 24.8 Å². The summed E-state index contributed by atoms with van der Waals surface area (Å²) >= 11 is 0. The molecule has 0 bridgehead atoms. The van der Waals surface area contributed by atoms with Crippen molar-refractivity contribution in [3.8, 4) is 0 Å². The van der Waals surface area contributed by atoms with Crippen LogP contribution in [-0.2, 0) is 4.79 Å². The molecule has 1 aliphatic heterocycles. The molecule has 102 valence electrons. The van der Waals surface area contributed by atoms with Crippen LogP contribution in [0.2, 0.25) is 0 Å². The van der Waals surface area contributed by atoms with Gasteiger partial charge in [0, 0.05) is 13.1 Å². The van der Waals surface area contributed by atoms with E-state index in [4.69, 9.17) is 5.11 Å². The Balaban J connectivity index is 2.22. The summed E-state index contributed by atoms with van der Waals surface area (Å²) in [6.07, 6.45) is 0. The summed E-state index contributed by atoms with van der Waals surface area (Å²) in [5.41, 5.74) is 1.75. The number of carbonyl (C=O) groups is 2. The number of hydrogen-bond acceptors (Lipinski definition) is 4. The summed E-state index contributed by atoms with van der Waals surface area (Å²) in [6.45, 7) is 6.09. The quantitative estimate of drug-likeness (QED) is 0.856. The minimum absolute atomic E-state index is 0.0300. The molecule has 1 aromatic rings. The average Bonchev–Trinajstić information content (AvgIpc) is 2.74. The first-order chi connectivity index (χ1) is 8.90. The Morgan fingerprint density at radius 1 is 1.32 bits per heavy atom. The lowest BCUT2D eigenvalue weighted by atomic mass is 9.99. The Kier molecular flexibility index (Phi) is 3.50. The number of rotatable bonds is 2. The largest absolute Gasteiger partial charge is 0.481 e. The molecule has 1 aliphatic rings. The third-order valence-corrected chi connectivity index (χ3v) is 3.55. The van der Waals surface area contributed by atoms with Gasteiger partial charge < -0.3 is 10.0 Å². The monoisotopic (exact) mass is 263 g/mol. The van der Waals surface area contributed by atoms with Crippen LogP contribution in [0.15, 0.2) is 6.07 Å². The van der Waals surface area contributed by atoms with Gasteiger partial charge in [0.05, 0.1) is 22.9 Å². The second-order valence-corrected chi connectivity index (χ2v) is 5.12. The van der Waals surface area contributed by atoms with Gasteiger partial charge in [0.25, 0.3) is 5.91 Å². The molecule has 0 saturated carbocycles. The molecule has 1 N–H and O–H groups in total. The van der Waals surface area contributed by atoms with Crippen LogP contribution in [0.25, 0.3) is 0 Å². The number of amides is 1. The molecule has 6 heteroatoms. The van der Waals surface area contributed by atoms with Gasteiger partial charge in [0.1, 0.15) is 0 Å². The molecule has 0 spiro atoms. The number of aromatic nitrogens is 2. The third kappa shape index (κ3) is 2.57. The lowest BCUT2D eigenvalue weighted by Gasteiger charge is -2.16. The summed E-state index contributed by atoms with van der Waals surface area (Å²) < 4.78 is 0. The van der Waals surface area contributed by atoms with Gasteiger partial charge in [-0.15, -0.1) is 0 Å². The van der Waals surface area contributed by atoms with E-state index < -0.39 is 11.9 Å². The molecule has 0 unspecified atom stereocenters. The molecule has 6 nitrogen and oxygen atoms in total. The highest BCUT2D eigenvalue weighted by molar-refractivity contribution is 5.95. The van der Waals surface area contributed by atoms with Crippen molar-refractivity contribution in [2.24, 2.45) is 11.8 Å². The standard InChI is InChI=1S/C13H17N3O3/c1-7-5-16(6-11(7)13(18)19)12(17)10-4-8(2)14-15-9(10)3/h4,7,11H,5-6H2,1-3H3,(H,18,19)/t7-,11-/m1/s1. The smallest absolute Gasteiger partial charge is 0.308 e. The second-order valence-electron chi connectivity index (χ2n) is 5.12. The van der Waals surface area contributed by atoms with Gasteiger partial charge in [-0.25, -0.2) is 0 Å². The highest BCUT2D eigenvalue weighted by Crippen LogP contribution is 2.25. The van der Waals surface area contributed by atoms with Gasteiger partial charge in [-0.2, -0.15) is 10.2 Å². The molecule has 1 amide bonds. The van der Waals surface area contributed by atoms with Crippen molar-refractivity contribution in [3.63, 3.8) is 0 Å². The molecule has 1 fully saturated rings. The van der Waals surface area contributed by atoms with Crippen LogP contribution in [0.3, 0.4) is 0 Å². The topological polar surface area (TPSA) is 83.4 Å². The Labute approximate surface area is 111 Å². The van der Waals surface area contributed by atoms with Crippen LogP contribution in [0.1, 0.15) is 28.7 Å². The van der Waals surface area contributed by atoms with E-state index in [2.05, 4.69) is 10.2 Å². The summed E-state index contributed by atoms with van der Waals surface area (Å²) in [5.74, 6) is -1.52. The van der Waals surface area contributed by atoms with E-state index >= 15 is 0 Å². The number of carboxylic acid groups (broad SMARTS) is 1. The summed E-state index contributed by atoms with van der Waals surface area (Å²) in [6, 6.07) is 1.70. The van der Waals surface area contributed by atoms with E-state index in [1.165, 1.54) is 0 Å². The van der Waals surface area contributed by atoms with E-state index in [-0.39, 0.29) is 18.4 Å². The fourth-order valence-electron chi connectivity index (χ4n) is 2.39. The van der Waals surface area contributed by atoms with Crippen LogP contribution in [-0.4, -0.2) is 45.2 Å². The molecule has 19 heavy (non-hydrogen) atoms. The Morgan fingerprint density at radius 2 is 2.00 bits per heavy atom. The Hall–Kier alpha value is -1.98. The number of carboxylic acids is 1. The summed E-state index contributed by atoms with van der Waals surface area (Å²) in [5, 5.41) is 16.9. The van der Waals surface area contributed by atoms with Gasteiger partial charge >= 0.3 is 5.97 Å². The summed E-state index contributed by atoms with van der Waals surface area (Å²) in [4.78, 5) is 25.1. The zero-order chi connectivity index (χ0) is 14.2. The zero-order valence-corrected chi connectivity index (χ0v) is 11.3. The molecule has 2 rings (SSSR count). The predicted molar refractivity (Wildman–Crippen MR) is 67.7 cm³/mol. The molecule has 0 aliphatic carbocycles. The molecule has 1 aromatic heterocycles. The first-order valence-electron chi connectivity index (χ1n) is 6.23. The predicted octanol–water partition coefficient (Wildman–Crippen LogP) is 0.886. The minimum atomic E-state index is -0.844. The Bertz CT molecular complexity index is 530. The number of hydrogen-bond donors (Lipinski definition) is 1. The maximum atomic E-state index is 12.4. The van der Waals surface area contributed by atoms with E-state index in [0.717, 1.165) is 0 Å². The molecule has 1 saturated heterocycles. The van der Waals surface area contributed by atoms with Crippen LogP contribution in [0, 0.1) is 25.7 Å². The van der Waals surface area contributed by atoms with E-state index in [9.17, 15) is 9.59 Å². The normalized spacial score (nSPS) is 22.6. The van der Waals surface area contributed by atoms with Gasteiger partial charge in [-0.1, -0.05) is 6.92 Å². The van der Waals surface area contributed by atoms with Gasteiger partial charge in [-0.3, -0.25) is 9.59 Å². The van der Waals surface area contributed by atoms with Crippen molar-refractivity contribution in [2.45, 2.75) is 20.8 Å². The molecule has 2 heterocycles. The number of carbonyl (C=O) groups excluding carboxylic acids is 1. The van der Waals surface area contributed by atoms with Crippen LogP contribution in [0.5, 0.6) is 0 Å². The molecule has 0 aromatic carbocycles. The highest BCUT2D eigenvalue weighted by atomic mass is 16.4. The lowest BCUT2D eigenvalue weighted by molar-refractivity contribution is -0.142. The first-order valence-corrected chi connectivity index (χ1v) is 6.23. The Morgan fingerprint density at radius 3 is 2.58 bits per heavy atom. The van der Waals surface area contributed by atoms with Crippen molar-refractivity contribution < 1.29 is 14.7 Å². The molecular weight excluding hydrogens is 246 g/mol. The number of likely N-dealkylation sites (tertiary alicyclic amines) is 1. The van der Waals surface area contributed by atoms with Crippen molar-refractivity contribution in [1.82, 2.24) is 15.1 Å². The number of aliphatic carboxylic acids is 1. The molecular formula is C13H17N3O3. The van der Waals surface area contributed by atoms with E-state index in [1.807, 2.05) is 6.92 Å². The average molecular weight is 263 g/mol. The highest BCUT2D eigenvalue weighted by Gasteiger charge is 2.37. The fraction of sp³-hybridized carbons (Fsp3) is 0.538. The first kappa shape index (κ1) is 13.5. The van der Waals surface area contributed by atoms with Crippen LogP contribution < -0.4 is 0 Å². The van der Waals surface area contributed by atoms with Crippen molar-refractivity contribution in [1.29, 1.82) is 0 Å². The van der Waals surface area contributed by atoms with Gasteiger partial charge in [0.15, 0.2) is 0 Å². The minimum Gasteiger partial charge on any atom is -0.481 e. The van der Waals surface area contributed by atoms with Crippen LogP contribution >= 0.6 is 0 Å². The molecule has 0 radical (unpaired) electrons. The van der Waals surface area contributed by atoms with Crippen LogP contribution in [0.4, 0.5) is 0 Å². The lowest BCUT2D eigenvalue weighted by Crippen LogP contribution is -2.30. The number of aryl methyl sites for hydroxylation is 2. The fourth-order valence-corrected chi connectivity index (χ4v) is 2.39. The second kappa shape index (κ2) is 4.95. The third-order valence-electron chi connectivity index (χ3n) is 3.55. The number of nitrogens with zero attached hydrogens (tertiary/aromatic N) is 3. The van der Waals surface area contributed by atoms with Gasteiger partial charge in [-0.05, 0) is 25.8 Å². The maximum Gasteiger partial charge on any atom is 0.308 e.